The maximum absolute atomic E-state index is 12.2. The summed E-state index contributed by atoms with van der Waals surface area (Å²) in [5, 5.41) is 13.0. The molecule has 1 heterocycles. The van der Waals surface area contributed by atoms with E-state index >= 15 is 0 Å². The van der Waals surface area contributed by atoms with E-state index in [1.54, 1.807) is 18.3 Å². The van der Waals surface area contributed by atoms with Crippen LogP contribution in [0.3, 0.4) is 0 Å². The van der Waals surface area contributed by atoms with Gasteiger partial charge in [-0.05, 0) is 30.2 Å². The number of benzene rings is 1. The number of aryl methyl sites for hydroxylation is 1. The summed E-state index contributed by atoms with van der Waals surface area (Å²) in [5.74, 6) is -0.210. The number of nitrogens with zero attached hydrogens (tertiary/aromatic N) is 1. The molecule has 0 radical (unpaired) electrons. The van der Waals surface area contributed by atoms with Crippen molar-refractivity contribution in [3.63, 3.8) is 0 Å². The quantitative estimate of drug-likeness (QED) is 0.872. The third-order valence-corrected chi connectivity index (χ3v) is 3.66. The average Bonchev–Trinajstić information content (AvgIpc) is 2.76. The van der Waals surface area contributed by atoms with Gasteiger partial charge in [-0.15, -0.1) is 0 Å². The van der Waals surface area contributed by atoms with Crippen LogP contribution in [0.25, 0.3) is 0 Å². The van der Waals surface area contributed by atoms with Gasteiger partial charge in [-0.2, -0.15) is 0 Å². The smallest absolute Gasteiger partial charge is 0.253 e. The van der Waals surface area contributed by atoms with E-state index in [1.807, 2.05) is 31.2 Å². The molecule has 0 unspecified atom stereocenters. The maximum Gasteiger partial charge on any atom is 0.253 e. The molecule has 1 aliphatic carbocycles. The predicted octanol–water partition coefficient (Wildman–Crippen LogP) is 1.78. The largest absolute Gasteiger partial charge is 0.390 e. The molecule has 2 atom stereocenters. The Hall–Kier alpha value is -2.20. The monoisotopic (exact) mass is 268 g/mol. The maximum atomic E-state index is 12.2. The van der Waals surface area contributed by atoms with Gasteiger partial charge >= 0.3 is 0 Å². The van der Waals surface area contributed by atoms with Gasteiger partial charge in [0.15, 0.2) is 0 Å². The lowest BCUT2D eigenvalue weighted by Crippen LogP contribution is -2.33. The summed E-state index contributed by atoms with van der Waals surface area (Å²) in [6, 6.07) is 11.0. The number of carbonyl (C=O) groups is 1. The Balaban J connectivity index is 1.81. The zero-order valence-electron chi connectivity index (χ0n) is 11.2. The van der Waals surface area contributed by atoms with Crippen molar-refractivity contribution in [2.75, 3.05) is 0 Å². The molecule has 4 nitrogen and oxygen atoms in total. The molecule has 2 aromatic rings. The van der Waals surface area contributed by atoms with Crippen LogP contribution in [0.4, 0.5) is 0 Å². The van der Waals surface area contributed by atoms with Gasteiger partial charge in [0.2, 0.25) is 0 Å². The van der Waals surface area contributed by atoms with Crippen molar-refractivity contribution in [2.45, 2.75) is 25.5 Å². The second-order valence-electron chi connectivity index (χ2n) is 5.11. The van der Waals surface area contributed by atoms with Gasteiger partial charge in [0.1, 0.15) is 0 Å². The summed E-state index contributed by atoms with van der Waals surface area (Å²) in [4.78, 5) is 16.3. The first kappa shape index (κ1) is 12.8. The van der Waals surface area contributed by atoms with Crippen molar-refractivity contribution >= 4 is 5.91 Å². The highest BCUT2D eigenvalue weighted by Crippen LogP contribution is 2.31. The molecule has 0 saturated carbocycles. The Kier molecular flexibility index (Phi) is 3.24. The molecule has 0 fully saturated rings. The van der Waals surface area contributed by atoms with Crippen molar-refractivity contribution in [1.29, 1.82) is 0 Å². The van der Waals surface area contributed by atoms with Crippen LogP contribution in [0.1, 0.15) is 33.2 Å². The standard InChI is InChI=1S/C16H16N2O2/c1-10-6-7-12(9-17-10)16(20)18-15-13-5-3-2-4-11(13)8-14(15)19/h2-7,9,14-15,19H,8H2,1H3,(H,18,20)/t14-,15+/m1/s1. The number of aliphatic hydroxyl groups excluding tert-OH is 1. The lowest BCUT2D eigenvalue weighted by molar-refractivity contribution is 0.0858. The highest BCUT2D eigenvalue weighted by Gasteiger charge is 2.31. The van der Waals surface area contributed by atoms with Gasteiger partial charge in [0.05, 0.1) is 17.7 Å². The molecular weight excluding hydrogens is 252 g/mol. The molecule has 1 amide bonds. The minimum atomic E-state index is -0.574. The molecule has 1 aromatic carbocycles. The summed E-state index contributed by atoms with van der Waals surface area (Å²) in [6.45, 7) is 1.87. The van der Waals surface area contributed by atoms with Crippen LogP contribution in [-0.4, -0.2) is 22.1 Å². The Morgan fingerprint density at radius 1 is 1.30 bits per heavy atom. The predicted molar refractivity (Wildman–Crippen MR) is 75.3 cm³/mol. The average molecular weight is 268 g/mol. The number of fused-ring (bicyclic) bond motifs is 1. The number of hydrogen-bond donors (Lipinski definition) is 2. The van der Waals surface area contributed by atoms with E-state index in [0.717, 1.165) is 16.8 Å². The molecule has 2 N–H and O–H groups in total. The number of rotatable bonds is 2. The third kappa shape index (κ3) is 2.30. The van der Waals surface area contributed by atoms with Crippen LogP contribution < -0.4 is 5.32 Å². The van der Waals surface area contributed by atoms with Gasteiger partial charge in [0.25, 0.3) is 5.91 Å². The van der Waals surface area contributed by atoms with Crippen LogP contribution >= 0.6 is 0 Å². The number of carbonyl (C=O) groups excluding carboxylic acids is 1. The Morgan fingerprint density at radius 3 is 2.85 bits per heavy atom. The first-order valence-corrected chi connectivity index (χ1v) is 6.64. The normalized spacial score (nSPS) is 20.5. The van der Waals surface area contributed by atoms with Crippen molar-refractivity contribution in [2.24, 2.45) is 0 Å². The highest BCUT2D eigenvalue weighted by atomic mass is 16.3. The van der Waals surface area contributed by atoms with Crippen LogP contribution in [0.5, 0.6) is 0 Å². The van der Waals surface area contributed by atoms with Gasteiger partial charge in [-0.1, -0.05) is 24.3 Å². The number of hydrogen-bond acceptors (Lipinski definition) is 3. The van der Waals surface area contributed by atoms with Crippen LogP contribution in [0, 0.1) is 6.92 Å². The molecule has 4 heteroatoms. The molecule has 0 aliphatic heterocycles. The molecule has 0 bridgehead atoms. The van der Waals surface area contributed by atoms with E-state index in [-0.39, 0.29) is 11.9 Å². The van der Waals surface area contributed by atoms with Crippen LogP contribution in [-0.2, 0) is 6.42 Å². The lowest BCUT2D eigenvalue weighted by Gasteiger charge is -2.17. The molecule has 0 spiro atoms. The van der Waals surface area contributed by atoms with E-state index in [9.17, 15) is 9.90 Å². The van der Waals surface area contributed by atoms with Crippen molar-refractivity contribution in [1.82, 2.24) is 10.3 Å². The highest BCUT2D eigenvalue weighted by molar-refractivity contribution is 5.94. The summed E-state index contributed by atoms with van der Waals surface area (Å²) < 4.78 is 0. The van der Waals surface area contributed by atoms with E-state index in [0.29, 0.717) is 12.0 Å². The third-order valence-electron chi connectivity index (χ3n) is 3.66. The fourth-order valence-corrected chi connectivity index (χ4v) is 2.57. The number of pyridine rings is 1. The van der Waals surface area contributed by atoms with Gasteiger partial charge in [0, 0.05) is 18.3 Å². The Bertz CT molecular complexity index is 637. The van der Waals surface area contributed by atoms with Gasteiger partial charge < -0.3 is 10.4 Å². The Labute approximate surface area is 117 Å². The van der Waals surface area contributed by atoms with Gasteiger partial charge in [-0.25, -0.2) is 0 Å². The lowest BCUT2D eigenvalue weighted by atomic mass is 10.1. The van der Waals surface area contributed by atoms with Crippen LogP contribution in [0.2, 0.25) is 0 Å². The van der Waals surface area contributed by atoms with Crippen molar-refractivity contribution in [3.05, 3.63) is 65.0 Å². The first-order chi connectivity index (χ1) is 9.65. The zero-order chi connectivity index (χ0) is 14.1. The molecule has 1 aliphatic rings. The molecule has 3 rings (SSSR count). The second kappa shape index (κ2) is 5.06. The summed E-state index contributed by atoms with van der Waals surface area (Å²) in [5.41, 5.74) is 3.46. The number of aromatic nitrogens is 1. The summed E-state index contributed by atoms with van der Waals surface area (Å²) in [6.07, 6.45) is 1.56. The molecule has 0 saturated heterocycles. The fourth-order valence-electron chi connectivity index (χ4n) is 2.57. The number of aliphatic hydroxyl groups is 1. The van der Waals surface area contributed by atoms with Gasteiger partial charge in [-0.3, -0.25) is 9.78 Å². The summed E-state index contributed by atoms with van der Waals surface area (Å²) in [7, 11) is 0. The number of nitrogens with one attached hydrogen (secondary N) is 1. The molecular formula is C16H16N2O2. The topological polar surface area (TPSA) is 62.2 Å². The molecule has 1 aromatic heterocycles. The zero-order valence-corrected chi connectivity index (χ0v) is 11.2. The first-order valence-electron chi connectivity index (χ1n) is 6.64. The van der Waals surface area contributed by atoms with Crippen LogP contribution in [0.15, 0.2) is 42.6 Å². The molecule has 102 valence electrons. The Morgan fingerprint density at radius 2 is 2.10 bits per heavy atom. The second-order valence-corrected chi connectivity index (χ2v) is 5.11. The summed E-state index contributed by atoms with van der Waals surface area (Å²) >= 11 is 0. The van der Waals surface area contributed by atoms with Crippen molar-refractivity contribution < 1.29 is 9.90 Å². The van der Waals surface area contributed by atoms with E-state index in [1.165, 1.54) is 0 Å². The number of amides is 1. The minimum absolute atomic E-state index is 0.210. The van der Waals surface area contributed by atoms with Crippen molar-refractivity contribution in [3.8, 4) is 0 Å². The fraction of sp³-hybridized carbons (Fsp3) is 0.250. The SMILES string of the molecule is Cc1ccc(C(=O)N[C@H]2c3ccccc3C[C@H]2O)cn1. The molecule has 20 heavy (non-hydrogen) atoms. The van der Waals surface area contributed by atoms with E-state index in [2.05, 4.69) is 10.3 Å². The van der Waals surface area contributed by atoms with E-state index < -0.39 is 6.10 Å². The minimum Gasteiger partial charge on any atom is -0.390 e. The van der Waals surface area contributed by atoms with E-state index in [4.69, 9.17) is 0 Å².